The minimum absolute atomic E-state index is 0.222. The van der Waals surface area contributed by atoms with Crippen molar-refractivity contribution in [2.24, 2.45) is 0 Å². The van der Waals surface area contributed by atoms with E-state index < -0.39 is 0 Å². The van der Waals surface area contributed by atoms with Gasteiger partial charge in [-0.2, -0.15) is 0 Å². The van der Waals surface area contributed by atoms with Crippen molar-refractivity contribution < 1.29 is 4.74 Å². The van der Waals surface area contributed by atoms with Gasteiger partial charge in [0, 0.05) is 0 Å². The molecule has 0 aromatic heterocycles. The number of benzene rings is 2. The molecule has 1 N–H and O–H groups in total. The molecule has 0 amide bonds. The van der Waals surface area contributed by atoms with Crippen LogP contribution in [0.25, 0.3) is 0 Å². The second kappa shape index (κ2) is 7.11. The lowest BCUT2D eigenvalue weighted by Gasteiger charge is -2.20. The fourth-order valence-electron chi connectivity index (χ4n) is 2.20. The fourth-order valence-corrected chi connectivity index (χ4v) is 2.20. The topological polar surface area (TPSA) is 21.3 Å². The zero-order valence-electron chi connectivity index (χ0n) is 12.5. The average molecular weight is 269 g/mol. The first-order valence-corrected chi connectivity index (χ1v) is 7.19. The quantitative estimate of drug-likeness (QED) is 0.854. The molecule has 0 heterocycles. The van der Waals surface area contributed by atoms with Gasteiger partial charge < -0.3 is 10.1 Å². The molecule has 0 saturated carbocycles. The fraction of sp³-hybridized carbons (Fsp3) is 0.333. The van der Waals surface area contributed by atoms with Gasteiger partial charge in [-0.25, -0.2) is 0 Å². The Morgan fingerprint density at radius 1 is 1.00 bits per heavy atom. The van der Waals surface area contributed by atoms with E-state index >= 15 is 0 Å². The Balaban J connectivity index is 2.08. The average Bonchev–Trinajstić information content (AvgIpc) is 2.47. The molecule has 0 fully saturated rings. The second-order valence-corrected chi connectivity index (χ2v) is 5.08. The van der Waals surface area contributed by atoms with Gasteiger partial charge in [0.25, 0.3) is 0 Å². The Morgan fingerprint density at radius 3 is 2.40 bits per heavy atom. The third kappa shape index (κ3) is 3.84. The lowest BCUT2D eigenvalue weighted by atomic mass is 10.0. The van der Waals surface area contributed by atoms with Crippen LogP contribution in [0.3, 0.4) is 0 Å². The summed E-state index contributed by atoms with van der Waals surface area (Å²) < 4.78 is 5.88. The van der Waals surface area contributed by atoms with E-state index in [0.717, 1.165) is 12.3 Å². The van der Waals surface area contributed by atoms with Crippen LogP contribution in [-0.4, -0.2) is 13.2 Å². The Kier molecular flexibility index (Phi) is 5.19. The van der Waals surface area contributed by atoms with Crippen molar-refractivity contribution >= 4 is 0 Å². The van der Waals surface area contributed by atoms with Crippen molar-refractivity contribution in [1.82, 2.24) is 5.32 Å². The highest BCUT2D eigenvalue weighted by Crippen LogP contribution is 2.19. The molecular formula is C18H23NO. The smallest absolute Gasteiger partial charge is 0.119 e. The molecule has 2 heteroatoms. The first-order chi connectivity index (χ1) is 9.70. The predicted octanol–water partition coefficient (Wildman–Crippen LogP) is 4.03. The van der Waals surface area contributed by atoms with Gasteiger partial charge in [-0.3, -0.25) is 0 Å². The SMILES string of the molecule is CCNC(COc1ccccc1)c1ccc(C)c(C)c1. The number of hydrogen-bond donors (Lipinski definition) is 1. The summed E-state index contributed by atoms with van der Waals surface area (Å²) in [6.07, 6.45) is 0. The van der Waals surface area contributed by atoms with E-state index in [0.29, 0.717) is 6.61 Å². The van der Waals surface area contributed by atoms with Crippen LogP contribution in [-0.2, 0) is 0 Å². The molecule has 20 heavy (non-hydrogen) atoms. The highest BCUT2D eigenvalue weighted by Gasteiger charge is 2.11. The zero-order chi connectivity index (χ0) is 14.4. The minimum atomic E-state index is 0.222. The van der Waals surface area contributed by atoms with Crippen LogP contribution in [0.15, 0.2) is 48.5 Å². The molecule has 0 aliphatic carbocycles. The van der Waals surface area contributed by atoms with Crippen molar-refractivity contribution in [3.05, 3.63) is 65.2 Å². The summed E-state index contributed by atoms with van der Waals surface area (Å²) in [5, 5.41) is 3.49. The van der Waals surface area contributed by atoms with Crippen LogP contribution >= 0.6 is 0 Å². The number of rotatable bonds is 6. The normalized spacial score (nSPS) is 12.2. The standard InChI is InChI=1S/C18H23NO/c1-4-19-18(13-20-17-8-6-5-7-9-17)16-11-10-14(2)15(3)12-16/h5-12,18-19H,4,13H2,1-3H3. The molecule has 0 radical (unpaired) electrons. The van der Waals surface area contributed by atoms with Gasteiger partial charge >= 0.3 is 0 Å². The molecule has 0 spiro atoms. The molecule has 2 aromatic carbocycles. The van der Waals surface area contributed by atoms with Crippen molar-refractivity contribution in [2.45, 2.75) is 26.8 Å². The Hall–Kier alpha value is -1.80. The van der Waals surface area contributed by atoms with E-state index in [-0.39, 0.29) is 6.04 Å². The minimum Gasteiger partial charge on any atom is -0.492 e. The van der Waals surface area contributed by atoms with Crippen LogP contribution < -0.4 is 10.1 Å². The molecule has 1 unspecified atom stereocenters. The maximum absolute atomic E-state index is 5.88. The summed E-state index contributed by atoms with van der Waals surface area (Å²) >= 11 is 0. The van der Waals surface area contributed by atoms with Crippen molar-refractivity contribution in [1.29, 1.82) is 0 Å². The summed E-state index contributed by atoms with van der Waals surface area (Å²) in [4.78, 5) is 0. The number of aryl methyl sites for hydroxylation is 2. The molecule has 106 valence electrons. The summed E-state index contributed by atoms with van der Waals surface area (Å²) in [5.41, 5.74) is 3.93. The van der Waals surface area contributed by atoms with Crippen molar-refractivity contribution in [2.75, 3.05) is 13.2 Å². The second-order valence-electron chi connectivity index (χ2n) is 5.08. The van der Waals surface area contributed by atoms with Crippen LogP contribution in [0, 0.1) is 13.8 Å². The molecule has 0 aliphatic heterocycles. The van der Waals surface area contributed by atoms with E-state index in [9.17, 15) is 0 Å². The van der Waals surface area contributed by atoms with Gasteiger partial charge in [0.15, 0.2) is 0 Å². The summed E-state index contributed by atoms with van der Waals surface area (Å²) in [6.45, 7) is 7.98. The van der Waals surface area contributed by atoms with Crippen LogP contribution in [0.1, 0.15) is 29.7 Å². The maximum atomic E-state index is 5.88. The van der Waals surface area contributed by atoms with Crippen LogP contribution in [0.4, 0.5) is 0 Å². The monoisotopic (exact) mass is 269 g/mol. The third-order valence-corrected chi connectivity index (χ3v) is 3.54. The van der Waals surface area contributed by atoms with E-state index in [1.807, 2.05) is 30.3 Å². The molecule has 1 atom stereocenters. The van der Waals surface area contributed by atoms with Gasteiger partial charge in [-0.15, -0.1) is 0 Å². The molecule has 2 nitrogen and oxygen atoms in total. The molecule has 2 aromatic rings. The number of nitrogens with one attached hydrogen (secondary N) is 1. The summed E-state index contributed by atoms with van der Waals surface area (Å²) in [5.74, 6) is 0.916. The number of likely N-dealkylation sites (N-methyl/N-ethyl adjacent to an activating group) is 1. The number of hydrogen-bond acceptors (Lipinski definition) is 2. The van der Waals surface area contributed by atoms with Gasteiger partial charge in [-0.1, -0.05) is 43.3 Å². The molecule has 0 saturated heterocycles. The number of ether oxygens (including phenoxy) is 1. The maximum Gasteiger partial charge on any atom is 0.119 e. The van der Waals surface area contributed by atoms with Gasteiger partial charge in [-0.05, 0) is 49.2 Å². The highest BCUT2D eigenvalue weighted by molar-refractivity contribution is 5.32. The number of para-hydroxylation sites is 1. The van der Waals surface area contributed by atoms with E-state index in [1.54, 1.807) is 0 Å². The predicted molar refractivity (Wildman–Crippen MR) is 84.3 cm³/mol. The lowest BCUT2D eigenvalue weighted by Crippen LogP contribution is -2.26. The van der Waals surface area contributed by atoms with Crippen LogP contribution in [0.2, 0.25) is 0 Å². The summed E-state index contributed by atoms with van der Waals surface area (Å²) in [7, 11) is 0. The molecule has 0 bridgehead atoms. The molecule has 2 rings (SSSR count). The van der Waals surface area contributed by atoms with Crippen molar-refractivity contribution in [3.63, 3.8) is 0 Å². The van der Waals surface area contributed by atoms with Gasteiger partial charge in [0.05, 0.1) is 6.04 Å². The first-order valence-electron chi connectivity index (χ1n) is 7.19. The van der Waals surface area contributed by atoms with E-state index in [4.69, 9.17) is 4.74 Å². The molecule has 0 aliphatic rings. The summed E-state index contributed by atoms with van der Waals surface area (Å²) in [6, 6.07) is 16.8. The zero-order valence-corrected chi connectivity index (χ0v) is 12.5. The lowest BCUT2D eigenvalue weighted by molar-refractivity contribution is 0.268. The largest absolute Gasteiger partial charge is 0.492 e. The third-order valence-electron chi connectivity index (χ3n) is 3.54. The Labute approximate surface area is 121 Å². The Morgan fingerprint density at radius 2 is 1.75 bits per heavy atom. The Bertz CT molecular complexity index is 536. The van der Waals surface area contributed by atoms with Gasteiger partial charge in [0.2, 0.25) is 0 Å². The van der Waals surface area contributed by atoms with Gasteiger partial charge in [0.1, 0.15) is 12.4 Å². The highest BCUT2D eigenvalue weighted by atomic mass is 16.5. The molecular weight excluding hydrogens is 246 g/mol. The van der Waals surface area contributed by atoms with E-state index in [1.165, 1.54) is 16.7 Å². The van der Waals surface area contributed by atoms with Crippen molar-refractivity contribution in [3.8, 4) is 5.75 Å². The van der Waals surface area contributed by atoms with Crippen LogP contribution in [0.5, 0.6) is 5.75 Å². The first kappa shape index (κ1) is 14.6. The van der Waals surface area contributed by atoms with E-state index in [2.05, 4.69) is 44.3 Å².